The Kier molecular flexibility index (Phi) is 5.35. The summed E-state index contributed by atoms with van der Waals surface area (Å²) >= 11 is 0. The molecule has 0 aliphatic rings. The second-order valence-corrected chi connectivity index (χ2v) is 3.79. The lowest BCUT2D eigenvalue weighted by Gasteiger charge is -2.12. The van der Waals surface area contributed by atoms with E-state index in [4.69, 9.17) is 0 Å². The van der Waals surface area contributed by atoms with E-state index in [1.54, 1.807) is 17.1 Å². The van der Waals surface area contributed by atoms with Crippen LogP contribution in [0.4, 0.5) is 0 Å². The smallest absolute Gasteiger partial charge is 0.237 e. The van der Waals surface area contributed by atoms with Crippen LogP contribution in [0.1, 0.15) is 12.7 Å². The Hall–Kier alpha value is -1.69. The van der Waals surface area contributed by atoms with Gasteiger partial charge in [-0.2, -0.15) is 5.10 Å². The minimum Gasteiger partial charge on any atom is -0.351 e. The predicted molar refractivity (Wildman–Crippen MR) is 65.4 cm³/mol. The zero-order chi connectivity index (χ0) is 12.7. The van der Waals surface area contributed by atoms with Crippen molar-refractivity contribution in [2.75, 3.05) is 13.1 Å². The van der Waals surface area contributed by atoms with E-state index in [0.717, 1.165) is 5.82 Å². The molecule has 94 valence electrons. The molecule has 0 aromatic carbocycles. The van der Waals surface area contributed by atoms with Crippen LogP contribution < -0.4 is 10.6 Å². The third-order valence-electron chi connectivity index (χ3n) is 2.26. The van der Waals surface area contributed by atoms with Gasteiger partial charge in [-0.1, -0.05) is 6.08 Å². The fourth-order valence-corrected chi connectivity index (χ4v) is 1.32. The molecule has 1 rings (SSSR count). The first kappa shape index (κ1) is 13.4. The molecule has 6 nitrogen and oxygen atoms in total. The summed E-state index contributed by atoms with van der Waals surface area (Å²) in [4.78, 5) is 15.6. The Morgan fingerprint density at radius 1 is 1.71 bits per heavy atom. The van der Waals surface area contributed by atoms with Crippen LogP contribution in [-0.4, -0.2) is 39.8 Å². The summed E-state index contributed by atoms with van der Waals surface area (Å²) in [6, 6.07) is -0.223. The minimum absolute atomic E-state index is 0.0288. The number of aryl methyl sites for hydroxylation is 1. The summed E-state index contributed by atoms with van der Waals surface area (Å²) < 4.78 is 1.66. The van der Waals surface area contributed by atoms with Gasteiger partial charge >= 0.3 is 0 Å². The highest BCUT2D eigenvalue weighted by Gasteiger charge is 2.10. The molecule has 0 saturated heterocycles. The first-order valence-corrected chi connectivity index (χ1v) is 5.60. The number of nitrogens with zero attached hydrogens (tertiary/aromatic N) is 3. The Bertz CT molecular complexity index is 374. The van der Waals surface area contributed by atoms with E-state index in [0.29, 0.717) is 19.5 Å². The highest BCUT2D eigenvalue weighted by Crippen LogP contribution is 1.89. The van der Waals surface area contributed by atoms with Gasteiger partial charge in [0.05, 0.1) is 6.04 Å². The fourth-order valence-electron chi connectivity index (χ4n) is 1.32. The minimum atomic E-state index is -0.223. The van der Waals surface area contributed by atoms with Gasteiger partial charge in [0.15, 0.2) is 5.82 Å². The second-order valence-electron chi connectivity index (χ2n) is 3.79. The first-order valence-electron chi connectivity index (χ1n) is 5.60. The lowest BCUT2D eigenvalue weighted by Crippen LogP contribution is -2.42. The van der Waals surface area contributed by atoms with Gasteiger partial charge in [0.25, 0.3) is 0 Å². The predicted octanol–water partition coefficient (Wildman–Crippen LogP) is -0.362. The van der Waals surface area contributed by atoms with Crippen molar-refractivity contribution in [2.24, 2.45) is 7.05 Å². The lowest BCUT2D eigenvalue weighted by molar-refractivity contribution is -0.122. The Labute approximate surface area is 101 Å². The van der Waals surface area contributed by atoms with Crippen LogP contribution in [-0.2, 0) is 18.3 Å². The summed E-state index contributed by atoms with van der Waals surface area (Å²) in [5.74, 6) is 0.748. The molecule has 6 heteroatoms. The van der Waals surface area contributed by atoms with Gasteiger partial charge in [0.2, 0.25) is 5.91 Å². The maximum atomic E-state index is 11.5. The molecule has 0 aliphatic carbocycles. The van der Waals surface area contributed by atoms with E-state index >= 15 is 0 Å². The Morgan fingerprint density at radius 3 is 3.06 bits per heavy atom. The highest BCUT2D eigenvalue weighted by atomic mass is 16.2. The van der Waals surface area contributed by atoms with E-state index in [1.807, 2.05) is 14.0 Å². The molecule has 1 atom stereocenters. The number of carbonyl (C=O) groups excluding carboxylic acids is 1. The van der Waals surface area contributed by atoms with Crippen LogP contribution in [0.25, 0.3) is 0 Å². The summed E-state index contributed by atoms with van der Waals surface area (Å²) in [7, 11) is 1.83. The van der Waals surface area contributed by atoms with Crippen molar-refractivity contribution in [3.05, 3.63) is 24.8 Å². The number of aromatic nitrogens is 3. The van der Waals surface area contributed by atoms with Crippen LogP contribution >= 0.6 is 0 Å². The maximum Gasteiger partial charge on any atom is 0.237 e. The lowest BCUT2D eigenvalue weighted by atomic mass is 10.3. The number of hydrogen-bond donors (Lipinski definition) is 2. The Balaban J connectivity index is 2.21. The molecule has 1 amide bonds. The van der Waals surface area contributed by atoms with Crippen LogP contribution in [0, 0.1) is 0 Å². The van der Waals surface area contributed by atoms with Crippen LogP contribution in [0.5, 0.6) is 0 Å². The monoisotopic (exact) mass is 237 g/mol. The fraction of sp³-hybridized carbons (Fsp3) is 0.545. The van der Waals surface area contributed by atoms with E-state index < -0.39 is 0 Å². The summed E-state index contributed by atoms with van der Waals surface area (Å²) in [6.45, 7) is 6.53. The average molecular weight is 237 g/mol. The Morgan fingerprint density at radius 2 is 2.47 bits per heavy atom. The zero-order valence-electron chi connectivity index (χ0n) is 10.3. The first-order chi connectivity index (χ1) is 8.13. The standard InChI is InChI=1S/C11H19N5O/c1-4-6-13-11(17)9(2)12-7-5-10-14-8-16(3)15-10/h4,8-9,12H,1,5-7H2,2-3H3,(H,13,17). The molecular formula is C11H19N5O. The number of carbonyl (C=O) groups is 1. The molecule has 1 aromatic heterocycles. The molecule has 0 spiro atoms. The number of hydrogen-bond acceptors (Lipinski definition) is 4. The van der Waals surface area contributed by atoms with Gasteiger partial charge in [-0.3, -0.25) is 9.48 Å². The molecule has 2 N–H and O–H groups in total. The highest BCUT2D eigenvalue weighted by molar-refractivity contribution is 5.81. The molecule has 1 heterocycles. The zero-order valence-corrected chi connectivity index (χ0v) is 10.3. The molecule has 0 fully saturated rings. The number of rotatable bonds is 7. The molecule has 0 bridgehead atoms. The quantitative estimate of drug-likeness (QED) is 0.635. The molecule has 1 aromatic rings. The van der Waals surface area contributed by atoms with Gasteiger partial charge in [-0.15, -0.1) is 6.58 Å². The maximum absolute atomic E-state index is 11.5. The number of amides is 1. The largest absolute Gasteiger partial charge is 0.351 e. The average Bonchev–Trinajstić information content (AvgIpc) is 2.71. The molecule has 17 heavy (non-hydrogen) atoms. The molecule has 1 unspecified atom stereocenters. The second kappa shape index (κ2) is 6.80. The van der Waals surface area contributed by atoms with E-state index in [9.17, 15) is 4.79 Å². The summed E-state index contributed by atoms with van der Waals surface area (Å²) in [5.41, 5.74) is 0. The van der Waals surface area contributed by atoms with Crippen molar-refractivity contribution >= 4 is 5.91 Å². The van der Waals surface area contributed by atoms with E-state index in [2.05, 4.69) is 27.3 Å². The van der Waals surface area contributed by atoms with Crippen LogP contribution in [0.2, 0.25) is 0 Å². The van der Waals surface area contributed by atoms with Crippen LogP contribution in [0.3, 0.4) is 0 Å². The topological polar surface area (TPSA) is 71.8 Å². The van der Waals surface area contributed by atoms with Gasteiger partial charge in [-0.25, -0.2) is 4.98 Å². The number of nitrogens with one attached hydrogen (secondary N) is 2. The van der Waals surface area contributed by atoms with Crippen LogP contribution in [0.15, 0.2) is 19.0 Å². The molecule has 0 aliphatic heterocycles. The van der Waals surface area contributed by atoms with Crippen molar-refractivity contribution in [2.45, 2.75) is 19.4 Å². The van der Waals surface area contributed by atoms with Crippen molar-refractivity contribution in [1.82, 2.24) is 25.4 Å². The van der Waals surface area contributed by atoms with Gasteiger partial charge in [0, 0.05) is 26.6 Å². The van der Waals surface area contributed by atoms with Crippen molar-refractivity contribution < 1.29 is 4.79 Å². The van der Waals surface area contributed by atoms with E-state index in [-0.39, 0.29) is 11.9 Å². The normalized spacial score (nSPS) is 12.1. The molecule has 0 saturated carbocycles. The van der Waals surface area contributed by atoms with Gasteiger partial charge in [0.1, 0.15) is 6.33 Å². The van der Waals surface area contributed by atoms with Crippen molar-refractivity contribution in [3.8, 4) is 0 Å². The van der Waals surface area contributed by atoms with E-state index in [1.165, 1.54) is 0 Å². The summed E-state index contributed by atoms with van der Waals surface area (Å²) in [5, 5.41) is 10.00. The third kappa shape index (κ3) is 4.78. The third-order valence-corrected chi connectivity index (χ3v) is 2.26. The van der Waals surface area contributed by atoms with Crippen molar-refractivity contribution in [3.63, 3.8) is 0 Å². The molecular weight excluding hydrogens is 218 g/mol. The van der Waals surface area contributed by atoms with Gasteiger partial charge in [-0.05, 0) is 6.92 Å². The summed E-state index contributed by atoms with van der Waals surface area (Å²) in [6.07, 6.45) is 4.03. The van der Waals surface area contributed by atoms with Crippen molar-refractivity contribution in [1.29, 1.82) is 0 Å². The van der Waals surface area contributed by atoms with Gasteiger partial charge < -0.3 is 10.6 Å². The SMILES string of the molecule is C=CCNC(=O)C(C)NCCc1ncn(C)n1. The molecule has 0 radical (unpaired) electrons.